The predicted molar refractivity (Wildman–Crippen MR) is 66.5 cm³/mol. The molecule has 0 saturated carbocycles. The van der Waals surface area contributed by atoms with Crippen LogP contribution in [0.2, 0.25) is 0 Å². The second kappa shape index (κ2) is 5.88. The first-order chi connectivity index (χ1) is 7.06. The molecule has 0 aliphatic rings. The predicted octanol–water partition coefficient (Wildman–Crippen LogP) is 0.345. The molecule has 0 radical (unpaired) electrons. The first-order valence-electron chi connectivity index (χ1n) is 4.86. The van der Waals surface area contributed by atoms with Crippen molar-refractivity contribution in [3.8, 4) is 0 Å². The molecule has 5 nitrogen and oxygen atoms in total. The van der Waals surface area contributed by atoms with Gasteiger partial charge in [0.25, 0.3) is 0 Å². The minimum Gasteiger partial charge on any atom is -0.480 e. The molecule has 0 aromatic rings. The van der Waals surface area contributed by atoms with Gasteiger partial charge in [0, 0.05) is 11.0 Å². The van der Waals surface area contributed by atoms with Crippen LogP contribution < -0.4 is 5.73 Å². The lowest BCUT2D eigenvalue weighted by Crippen LogP contribution is -2.46. The monoisotopic (exact) mass is 269 g/mol. The molecule has 0 spiro atoms. The minimum absolute atomic E-state index is 0.123. The first kappa shape index (κ1) is 15.7. The van der Waals surface area contributed by atoms with E-state index < -0.39 is 26.6 Å². The van der Waals surface area contributed by atoms with Crippen molar-refractivity contribution in [3.05, 3.63) is 0 Å². The van der Waals surface area contributed by atoms with E-state index in [4.69, 9.17) is 10.8 Å². The maximum Gasteiger partial charge on any atom is 0.321 e. The average molecular weight is 269 g/mol. The SMILES string of the molecule is CC(C)(SCCCS(C)(=O)=O)[C@@H](N)C(=O)O. The van der Waals surface area contributed by atoms with Crippen molar-refractivity contribution in [2.45, 2.75) is 31.1 Å². The summed E-state index contributed by atoms with van der Waals surface area (Å²) >= 11 is 1.39. The minimum atomic E-state index is -2.94. The second-order valence-electron chi connectivity index (χ2n) is 4.25. The van der Waals surface area contributed by atoms with E-state index in [0.717, 1.165) is 0 Å². The van der Waals surface area contributed by atoms with Gasteiger partial charge in [0.1, 0.15) is 15.9 Å². The molecule has 0 aliphatic heterocycles. The number of sulfone groups is 1. The van der Waals surface area contributed by atoms with Crippen molar-refractivity contribution < 1.29 is 18.3 Å². The maximum absolute atomic E-state index is 10.9. The van der Waals surface area contributed by atoms with Crippen LogP contribution in [-0.4, -0.2) is 48.0 Å². The summed E-state index contributed by atoms with van der Waals surface area (Å²) in [6.07, 6.45) is 1.70. The summed E-state index contributed by atoms with van der Waals surface area (Å²) < 4.78 is 21.1. The quantitative estimate of drug-likeness (QED) is 0.647. The molecule has 1 atom stereocenters. The zero-order chi connectivity index (χ0) is 13.0. The van der Waals surface area contributed by atoms with Crippen LogP contribution in [0.1, 0.15) is 20.3 Å². The Morgan fingerprint density at radius 2 is 2.00 bits per heavy atom. The fourth-order valence-corrected chi connectivity index (χ4v) is 2.99. The molecule has 0 aliphatic carbocycles. The second-order valence-corrected chi connectivity index (χ2v) is 8.26. The molecule has 0 aromatic carbocycles. The molecule has 0 rings (SSSR count). The topological polar surface area (TPSA) is 97.5 Å². The summed E-state index contributed by atoms with van der Waals surface area (Å²) in [5.74, 6) is -0.333. The Bertz CT molecular complexity index is 337. The molecule has 0 heterocycles. The van der Waals surface area contributed by atoms with E-state index in [1.807, 2.05) is 0 Å². The number of thioether (sulfide) groups is 1. The van der Waals surface area contributed by atoms with Crippen molar-refractivity contribution in [2.24, 2.45) is 5.73 Å². The average Bonchev–Trinajstić information content (AvgIpc) is 2.09. The van der Waals surface area contributed by atoms with Gasteiger partial charge in [-0.1, -0.05) is 0 Å². The van der Waals surface area contributed by atoms with Gasteiger partial charge >= 0.3 is 5.97 Å². The molecule has 0 aromatic heterocycles. The van der Waals surface area contributed by atoms with Gasteiger partial charge in [0.2, 0.25) is 0 Å². The summed E-state index contributed by atoms with van der Waals surface area (Å²) in [7, 11) is -2.94. The molecule has 7 heteroatoms. The zero-order valence-corrected chi connectivity index (χ0v) is 11.4. The van der Waals surface area contributed by atoms with Crippen LogP contribution in [0.25, 0.3) is 0 Å². The standard InChI is InChI=1S/C9H19NO4S2/c1-9(2,7(10)8(11)12)15-5-4-6-16(3,13)14/h7H,4-6,10H2,1-3H3,(H,11,12)/t7-/m0/s1. The van der Waals surface area contributed by atoms with E-state index in [2.05, 4.69) is 0 Å². The van der Waals surface area contributed by atoms with Crippen LogP contribution >= 0.6 is 11.8 Å². The lowest BCUT2D eigenvalue weighted by atomic mass is 10.1. The van der Waals surface area contributed by atoms with E-state index in [1.54, 1.807) is 13.8 Å². The van der Waals surface area contributed by atoms with Gasteiger partial charge in [0.15, 0.2) is 0 Å². The smallest absolute Gasteiger partial charge is 0.321 e. The normalized spacial score (nSPS) is 14.8. The van der Waals surface area contributed by atoms with Crippen LogP contribution in [0.5, 0.6) is 0 Å². The van der Waals surface area contributed by atoms with E-state index in [0.29, 0.717) is 12.2 Å². The van der Waals surface area contributed by atoms with Crippen LogP contribution in [0.3, 0.4) is 0 Å². The Hall–Kier alpha value is -0.270. The highest BCUT2D eigenvalue weighted by atomic mass is 32.2. The van der Waals surface area contributed by atoms with Crippen molar-refractivity contribution >= 4 is 27.6 Å². The summed E-state index contributed by atoms with van der Waals surface area (Å²) in [6, 6.07) is -0.948. The fraction of sp³-hybridized carbons (Fsp3) is 0.889. The summed E-state index contributed by atoms with van der Waals surface area (Å²) in [5, 5.41) is 8.77. The Balaban J connectivity index is 4.05. The number of aliphatic carboxylic acids is 1. The largest absolute Gasteiger partial charge is 0.480 e. The fourth-order valence-electron chi connectivity index (χ4n) is 1.04. The maximum atomic E-state index is 10.9. The molecule has 0 bridgehead atoms. The number of hydrogen-bond acceptors (Lipinski definition) is 5. The lowest BCUT2D eigenvalue weighted by molar-refractivity contribution is -0.139. The number of hydrogen-bond donors (Lipinski definition) is 2. The van der Waals surface area contributed by atoms with Crippen LogP contribution in [-0.2, 0) is 14.6 Å². The third-order valence-electron chi connectivity index (χ3n) is 2.15. The molecular formula is C9H19NO4S2. The molecular weight excluding hydrogens is 250 g/mol. The molecule has 0 fully saturated rings. The highest BCUT2D eigenvalue weighted by Gasteiger charge is 2.32. The van der Waals surface area contributed by atoms with Crippen LogP contribution in [0, 0.1) is 0 Å². The van der Waals surface area contributed by atoms with Gasteiger partial charge in [-0.15, -0.1) is 0 Å². The van der Waals surface area contributed by atoms with Crippen molar-refractivity contribution in [3.63, 3.8) is 0 Å². The lowest BCUT2D eigenvalue weighted by Gasteiger charge is -2.27. The zero-order valence-electron chi connectivity index (χ0n) is 9.76. The van der Waals surface area contributed by atoms with Gasteiger partial charge in [-0.25, -0.2) is 8.42 Å². The Morgan fingerprint density at radius 1 is 1.50 bits per heavy atom. The summed E-state index contributed by atoms with van der Waals surface area (Å²) in [4.78, 5) is 10.7. The first-order valence-corrected chi connectivity index (χ1v) is 7.91. The Labute approximate surface area is 101 Å². The van der Waals surface area contributed by atoms with Gasteiger partial charge in [-0.3, -0.25) is 4.79 Å². The Kier molecular flexibility index (Phi) is 5.78. The third-order valence-corrected chi connectivity index (χ3v) is 4.67. The highest BCUT2D eigenvalue weighted by Crippen LogP contribution is 2.27. The van der Waals surface area contributed by atoms with Crippen molar-refractivity contribution in [2.75, 3.05) is 17.8 Å². The van der Waals surface area contributed by atoms with Gasteiger partial charge in [0.05, 0.1) is 5.75 Å². The van der Waals surface area contributed by atoms with Crippen LogP contribution in [0.15, 0.2) is 0 Å². The highest BCUT2D eigenvalue weighted by molar-refractivity contribution is 8.00. The number of rotatable bonds is 7. The number of carboxylic acids is 1. The number of carboxylic acid groups (broad SMARTS) is 1. The van der Waals surface area contributed by atoms with Crippen molar-refractivity contribution in [1.82, 2.24) is 0 Å². The summed E-state index contributed by atoms with van der Waals surface area (Å²) in [5.41, 5.74) is 5.52. The van der Waals surface area contributed by atoms with E-state index in [1.165, 1.54) is 18.0 Å². The molecule has 0 unspecified atom stereocenters. The molecule has 0 amide bonds. The van der Waals surface area contributed by atoms with Crippen molar-refractivity contribution in [1.29, 1.82) is 0 Å². The molecule has 16 heavy (non-hydrogen) atoms. The number of nitrogens with two attached hydrogens (primary N) is 1. The molecule has 96 valence electrons. The third kappa shape index (κ3) is 6.34. The number of carbonyl (C=O) groups is 1. The van der Waals surface area contributed by atoms with Gasteiger partial charge in [-0.2, -0.15) is 11.8 Å². The van der Waals surface area contributed by atoms with E-state index >= 15 is 0 Å². The van der Waals surface area contributed by atoms with Gasteiger partial charge in [-0.05, 0) is 26.0 Å². The van der Waals surface area contributed by atoms with Gasteiger partial charge < -0.3 is 10.8 Å². The molecule has 3 N–H and O–H groups in total. The summed E-state index contributed by atoms with van der Waals surface area (Å²) in [6.45, 7) is 3.49. The van der Waals surface area contributed by atoms with E-state index in [-0.39, 0.29) is 5.75 Å². The van der Waals surface area contributed by atoms with Crippen LogP contribution in [0.4, 0.5) is 0 Å². The van der Waals surface area contributed by atoms with E-state index in [9.17, 15) is 13.2 Å². The molecule has 0 saturated heterocycles. The Morgan fingerprint density at radius 3 is 2.38 bits per heavy atom.